The normalized spacial score (nSPS) is 49.7. The molecule has 0 bridgehead atoms. The molecule has 0 unspecified atom stereocenters. The molecule has 3 saturated carbocycles. The van der Waals surface area contributed by atoms with Crippen molar-refractivity contribution < 1.29 is 24.6 Å². The summed E-state index contributed by atoms with van der Waals surface area (Å²) >= 11 is 0. The molecule has 7 atom stereocenters. The molecular formula is C21H26O5. The highest BCUT2D eigenvalue weighted by Gasteiger charge is 2.68. The fourth-order valence-corrected chi connectivity index (χ4v) is 6.83. The molecule has 5 heteroatoms. The van der Waals surface area contributed by atoms with Crippen molar-refractivity contribution in [3.63, 3.8) is 0 Å². The smallest absolute Gasteiger partial charge is 0.227 e. The summed E-state index contributed by atoms with van der Waals surface area (Å²) in [6.07, 6.45) is 7.62. The summed E-state index contributed by atoms with van der Waals surface area (Å²) < 4.78 is 0. The van der Waals surface area contributed by atoms with Gasteiger partial charge in [-0.25, -0.2) is 0 Å². The van der Waals surface area contributed by atoms with Gasteiger partial charge in [0.2, 0.25) is 5.78 Å². The van der Waals surface area contributed by atoms with E-state index in [1.54, 1.807) is 12.2 Å². The molecule has 3 fully saturated rings. The predicted octanol–water partition coefficient (Wildman–Crippen LogP) is 1.76. The maximum atomic E-state index is 12.2. The first-order valence-electron chi connectivity index (χ1n) is 9.52. The number of carbonyl (C=O) groups is 3. The van der Waals surface area contributed by atoms with Gasteiger partial charge in [0.15, 0.2) is 12.1 Å². The van der Waals surface area contributed by atoms with E-state index < -0.39 is 22.9 Å². The van der Waals surface area contributed by atoms with Crippen LogP contribution in [0.5, 0.6) is 0 Å². The minimum absolute atomic E-state index is 0.00196. The first-order chi connectivity index (χ1) is 12.2. The summed E-state index contributed by atoms with van der Waals surface area (Å²) in [5, 5.41) is 22.2. The number of aliphatic hydroxyl groups is 2. The lowest BCUT2D eigenvalue weighted by atomic mass is 9.46. The van der Waals surface area contributed by atoms with Crippen LogP contribution in [0.25, 0.3) is 0 Å². The van der Waals surface area contributed by atoms with E-state index >= 15 is 0 Å². The monoisotopic (exact) mass is 358 g/mol. The van der Waals surface area contributed by atoms with Gasteiger partial charge in [0.05, 0.1) is 6.10 Å². The fourth-order valence-electron chi connectivity index (χ4n) is 6.83. The van der Waals surface area contributed by atoms with E-state index in [-0.39, 0.29) is 41.7 Å². The second-order valence-electron chi connectivity index (χ2n) is 9.09. The number of aliphatic hydroxyl groups excluding tert-OH is 1. The second-order valence-corrected chi connectivity index (χ2v) is 9.09. The molecule has 0 aliphatic heterocycles. The van der Waals surface area contributed by atoms with E-state index in [0.717, 1.165) is 18.4 Å². The number of Topliss-reactive ketones (excluding diaryl/α,β-unsaturated/α-hetero) is 1. The lowest BCUT2D eigenvalue weighted by Crippen LogP contribution is -2.61. The molecule has 26 heavy (non-hydrogen) atoms. The van der Waals surface area contributed by atoms with Gasteiger partial charge in [-0.3, -0.25) is 14.4 Å². The molecule has 0 amide bonds. The van der Waals surface area contributed by atoms with E-state index in [1.165, 1.54) is 0 Å². The van der Waals surface area contributed by atoms with E-state index in [0.29, 0.717) is 12.8 Å². The average Bonchev–Trinajstić information content (AvgIpc) is 2.86. The molecular weight excluding hydrogens is 332 g/mol. The number of ketones is 2. The van der Waals surface area contributed by atoms with Gasteiger partial charge in [0, 0.05) is 16.7 Å². The summed E-state index contributed by atoms with van der Waals surface area (Å²) in [5.41, 5.74) is -1.77. The number of hydrogen-bond donors (Lipinski definition) is 2. The van der Waals surface area contributed by atoms with Crippen LogP contribution in [0.4, 0.5) is 0 Å². The van der Waals surface area contributed by atoms with Gasteiger partial charge < -0.3 is 10.2 Å². The number of carbonyl (C=O) groups excluding carboxylic acids is 3. The molecule has 2 N–H and O–H groups in total. The second kappa shape index (κ2) is 5.46. The molecule has 0 spiro atoms. The summed E-state index contributed by atoms with van der Waals surface area (Å²) in [4.78, 5) is 35.2. The number of hydrogen-bond acceptors (Lipinski definition) is 5. The Kier molecular flexibility index (Phi) is 3.74. The first-order valence-corrected chi connectivity index (χ1v) is 9.52. The van der Waals surface area contributed by atoms with Gasteiger partial charge in [-0.2, -0.15) is 0 Å². The van der Waals surface area contributed by atoms with Crippen molar-refractivity contribution in [3.05, 3.63) is 23.8 Å². The number of fused-ring (bicyclic) bond motifs is 5. The Morgan fingerprint density at radius 1 is 1.31 bits per heavy atom. The summed E-state index contributed by atoms with van der Waals surface area (Å²) in [6.45, 7) is 3.95. The van der Waals surface area contributed by atoms with Crippen molar-refractivity contribution in [2.45, 2.75) is 57.7 Å². The quantitative estimate of drug-likeness (QED) is 0.580. The fraction of sp³-hybridized carbons (Fsp3) is 0.667. The van der Waals surface area contributed by atoms with Crippen molar-refractivity contribution >= 4 is 17.9 Å². The van der Waals surface area contributed by atoms with Crippen molar-refractivity contribution in [3.8, 4) is 0 Å². The largest absolute Gasteiger partial charge is 0.393 e. The Morgan fingerprint density at radius 3 is 2.73 bits per heavy atom. The highest BCUT2D eigenvalue weighted by molar-refractivity contribution is 6.29. The summed E-state index contributed by atoms with van der Waals surface area (Å²) in [6, 6.07) is 0. The zero-order chi connectivity index (χ0) is 18.9. The lowest BCUT2D eigenvalue weighted by Gasteiger charge is -2.59. The molecule has 0 aromatic heterocycles. The summed E-state index contributed by atoms with van der Waals surface area (Å²) in [7, 11) is 0. The molecule has 140 valence electrons. The van der Waals surface area contributed by atoms with Gasteiger partial charge in [0.25, 0.3) is 0 Å². The van der Waals surface area contributed by atoms with Crippen LogP contribution in [0, 0.1) is 28.6 Å². The third-order valence-electron chi connectivity index (χ3n) is 8.16. The topological polar surface area (TPSA) is 91.7 Å². The number of aldehydes is 1. The Balaban J connectivity index is 1.76. The molecule has 0 aromatic rings. The van der Waals surface area contributed by atoms with Crippen LogP contribution in [0.15, 0.2) is 23.8 Å². The van der Waals surface area contributed by atoms with Gasteiger partial charge in [-0.15, -0.1) is 0 Å². The van der Waals surface area contributed by atoms with Crippen molar-refractivity contribution in [1.82, 2.24) is 0 Å². The third kappa shape index (κ3) is 2.01. The highest BCUT2D eigenvalue weighted by Crippen LogP contribution is 2.66. The van der Waals surface area contributed by atoms with E-state index in [2.05, 4.69) is 6.92 Å². The van der Waals surface area contributed by atoms with Crippen LogP contribution < -0.4 is 0 Å². The van der Waals surface area contributed by atoms with Gasteiger partial charge in [0.1, 0.15) is 5.60 Å². The Morgan fingerprint density at radius 2 is 2.04 bits per heavy atom. The molecule has 5 nitrogen and oxygen atoms in total. The minimum atomic E-state index is -1.68. The van der Waals surface area contributed by atoms with Gasteiger partial charge >= 0.3 is 0 Å². The van der Waals surface area contributed by atoms with Crippen LogP contribution in [0.3, 0.4) is 0 Å². The maximum Gasteiger partial charge on any atom is 0.227 e. The number of allylic oxidation sites excluding steroid dienone is 4. The maximum absolute atomic E-state index is 12.2. The van der Waals surface area contributed by atoms with Crippen LogP contribution in [-0.2, 0) is 14.4 Å². The third-order valence-corrected chi connectivity index (χ3v) is 8.16. The molecule has 0 radical (unpaired) electrons. The van der Waals surface area contributed by atoms with Crippen LogP contribution >= 0.6 is 0 Å². The van der Waals surface area contributed by atoms with E-state index in [1.807, 2.05) is 13.0 Å². The Bertz CT molecular complexity index is 752. The van der Waals surface area contributed by atoms with Crippen molar-refractivity contribution in [2.24, 2.45) is 28.6 Å². The van der Waals surface area contributed by atoms with E-state index in [4.69, 9.17) is 0 Å². The Hall–Kier alpha value is -1.59. The highest BCUT2D eigenvalue weighted by atomic mass is 16.3. The van der Waals surface area contributed by atoms with Crippen molar-refractivity contribution in [1.29, 1.82) is 0 Å². The summed E-state index contributed by atoms with van der Waals surface area (Å²) in [5.74, 6) is -0.582. The molecule has 0 aromatic carbocycles. The molecule has 4 aliphatic carbocycles. The van der Waals surface area contributed by atoms with Crippen LogP contribution in [-0.4, -0.2) is 39.8 Å². The SMILES string of the molecule is C[C@]12C=CC(=O)C=C1CC[C@@H]1[C@@H]2[C@@H](O)C[C@@]2(C)[C@H]1CC[C@@]2(O)C(=O)C=O. The standard InChI is InChI=1S/C21H26O5/c1-19-7-5-13(23)9-12(19)3-4-14-15-6-8-21(26,17(25)11-22)20(15,2)10-16(24)18(14)19/h5,7,9,11,14-16,18,24,26H,3-4,6,8,10H2,1-2H3/t14-,15-,16-,18+,19-,20-,21+/m0/s1. The Labute approximate surface area is 153 Å². The van der Waals surface area contributed by atoms with Crippen LogP contribution in [0.1, 0.15) is 46.0 Å². The first kappa shape index (κ1) is 17.8. The van der Waals surface area contributed by atoms with Crippen molar-refractivity contribution in [2.75, 3.05) is 0 Å². The molecule has 4 aliphatic rings. The number of rotatable bonds is 2. The predicted molar refractivity (Wildman–Crippen MR) is 94.0 cm³/mol. The zero-order valence-corrected chi connectivity index (χ0v) is 15.3. The molecule has 0 saturated heterocycles. The lowest BCUT2D eigenvalue weighted by molar-refractivity contribution is -0.176. The van der Waals surface area contributed by atoms with E-state index in [9.17, 15) is 24.6 Å². The van der Waals surface area contributed by atoms with Gasteiger partial charge in [-0.05, 0) is 56.1 Å². The average molecular weight is 358 g/mol. The van der Waals surface area contributed by atoms with Gasteiger partial charge in [-0.1, -0.05) is 25.5 Å². The minimum Gasteiger partial charge on any atom is -0.393 e. The molecule has 4 rings (SSSR count). The zero-order valence-electron chi connectivity index (χ0n) is 15.3. The molecule has 0 heterocycles. The van der Waals surface area contributed by atoms with Crippen LogP contribution in [0.2, 0.25) is 0 Å².